The first kappa shape index (κ1) is 21.2. The molecule has 4 rings (SSSR count). The summed E-state index contributed by atoms with van der Waals surface area (Å²) in [6, 6.07) is 10.3. The molecule has 2 aromatic heterocycles. The summed E-state index contributed by atoms with van der Waals surface area (Å²) in [4.78, 5) is 6.11. The lowest BCUT2D eigenvalue weighted by Gasteiger charge is -2.13. The second-order valence-corrected chi connectivity index (χ2v) is 8.18. The molecule has 0 saturated heterocycles. The van der Waals surface area contributed by atoms with Gasteiger partial charge in [-0.1, -0.05) is 19.1 Å². The standard InChI is InChI=1S/C22H28N6O2S/c1-2-21-27-26-15-28(21)12-11-25-22(24-10-8-18-4-3-13-31-18)23-9-7-17-5-6-19-20(14-17)30-16-29-19/h3-6,13-15H,2,7-12,16H2,1H3,(H2,23,24,25). The molecule has 0 spiro atoms. The number of thiophene rings is 1. The number of hydrogen-bond donors (Lipinski definition) is 2. The van der Waals surface area contributed by atoms with Gasteiger partial charge < -0.3 is 24.7 Å². The summed E-state index contributed by atoms with van der Waals surface area (Å²) in [5.74, 6) is 3.45. The monoisotopic (exact) mass is 440 g/mol. The molecule has 1 aliphatic rings. The molecule has 1 aliphatic heterocycles. The Kier molecular flexibility index (Phi) is 7.38. The van der Waals surface area contributed by atoms with E-state index in [0.29, 0.717) is 6.79 Å². The van der Waals surface area contributed by atoms with Crippen molar-refractivity contribution in [1.82, 2.24) is 25.4 Å². The molecule has 0 atom stereocenters. The van der Waals surface area contributed by atoms with Crippen molar-refractivity contribution in [2.24, 2.45) is 4.99 Å². The largest absolute Gasteiger partial charge is 0.454 e. The Morgan fingerprint density at radius 1 is 1.16 bits per heavy atom. The van der Waals surface area contributed by atoms with Gasteiger partial charge in [0.25, 0.3) is 0 Å². The molecule has 8 nitrogen and oxygen atoms in total. The minimum absolute atomic E-state index is 0.300. The summed E-state index contributed by atoms with van der Waals surface area (Å²) < 4.78 is 12.9. The minimum atomic E-state index is 0.300. The Balaban J connectivity index is 1.30. The quantitative estimate of drug-likeness (QED) is 0.372. The van der Waals surface area contributed by atoms with E-state index in [9.17, 15) is 0 Å². The first-order valence-electron chi connectivity index (χ1n) is 10.6. The number of ether oxygens (including phenoxy) is 2. The van der Waals surface area contributed by atoms with E-state index in [1.54, 1.807) is 17.7 Å². The van der Waals surface area contributed by atoms with Crippen LogP contribution in [0.1, 0.15) is 23.2 Å². The molecule has 0 fully saturated rings. The highest BCUT2D eigenvalue weighted by atomic mass is 32.1. The van der Waals surface area contributed by atoms with Gasteiger partial charge in [-0.2, -0.15) is 0 Å². The van der Waals surface area contributed by atoms with Crippen LogP contribution in [0.15, 0.2) is 47.0 Å². The summed E-state index contributed by atoms with van der Waals surface area (Å²) in [5, 5.41) is 17.1. The summed E-state index contributed by atoms with van der Waals surface area (Å²) in [5.41, 5.74) is 1.20. The second kappa shape index (κ2) is 10.8. The second-order valence-electron chi connectivity index (χ2n) is 7.14. The molecule has 9 heteroatoms. The topological polar surface area (TPSA) is 85.6 Å². The van der Waals surface area contributed by atoms with E-state index < -0.39 is 0 Å². The van der Waals surface area contributed by atoms with Crippen LogP contribution in [-0.4, -0.2) is 47.2 Å². The van der Waals surface area contributed by atoms with Crippen LogP contribution in [0.2, 0.25) is 0 Å². The van der Waals surface area contributed by atoms with Crippen molar-refractivity contribution in [2.75, 3.05) is 26.4 Å². The Morgan fingerprint density at radius 2 is 2.06 bits per heavy atom. The zero-order valence-electron chi connectivity index (χ0n) is 17.7. The lowest BCUT2D eigenvalue weighted by Crippen LogP contribution is -2.40. The smallest absolute Gasteiger partial charge is 0.231 e. The van der Waals surface area contributed by atoms with Crippen LogP contribution >= 0.6 is 11.3 Å². The number of benzene rings is 1. The average Bonchev–Trinajstić information content (AvgIpc) is 3.54. The summed E-state index contributed by atoms with van der Waals surface area (Å²) in [6.45, 7) is 5.45. The molecule has 3 aromatic rings. The molecule has 0 saturated carbocycles. The summed E-state index contributed by atoms with van der Waals surface area (Å²) in [6.07, 6.45) is 4.46. The van der Waals surface area contributed by atoms with Crippen molar-refractivity contribution in [2.45, 2.75) is 32.7 Å². The summed E-state index contributed by atoms with van der Waals surface area (Å²) in [7, 11) is 0. The van der Waals surface area contributed by atoms with Gasteiger partial charge in [0.05, 0.1) is 0 Å². The maximum atomic E-state index is 5.47. The van der Waals surface area contributed by atoms with Crippen LogP contribution in [-0.2, 0) is 25.8 Å². The van der Waals surface area contributed by atoms with E-state index in [4.69, 9.17) is 14.5 Å². The van der Waals surface area contributed by atoms with Crippen molar-refractivity contribution in [3.8, 4) is 11.5 Å². The number of guanidine groups is 1. The molecule has 0 aliphatic carbocycles. The van der Waals surface area contributed by atoms with Gasteiger partial charge in [-0.25, -0.2) is 0 Å². The predicted octanol–water partition coefficient (Wildman–Crippen LogP) is 2.65. The third-order valence-corrected chi connectivity index (χ3v) is 5.94. The van der Waals surface area contributed by atoms with Gasteiger partial charge in [0.2, 0.25) is 6.79 Å². The van der Waals surface area contributed by atoms with Crippen LogP contribution in [0.25, 0.3) is 0 Å². The molecule has 1 aromatic carbocycles. The van der Waals surface area contributed by atoms with E-state index in [2.05, 4.69) is 55.9 Å². The first-order chi connectivity index (χ1) is 15.3. The van der Waals surface area contributed by atoms with E-state index in [0.717, 1.165) is 68.7 Å². The number of aliphatic imine (C=N–C) groups is 1. The normalized spacial score (nSPS) is 12.9. The fraction of sp³-hybridized carbons (Fsp3) is 0.409. The van der Waals surface area contributed by atoms with Gasteiger partial charge in [0.1, 0.15) is 12.2 Å². The molecule has 0 bridgehead atoms. The van der Waals surface area contributed by atoms with Gasteiger partial charge in [-0.3, -0.25) is 4.99 Å². The highest BCUT2D eigenvalue weighted by molar-refractivity contribution is 7.09. The van der Waals surface area contributed by atoms with Crippen LogP contribution < -0.4 is 20.1 Å². The maximum absolute atomic E-state index is 5.47. The number of rotatable bonds is 10. The number of nitrogens with one attached hydrogen (secondary N) is 2. The SMILES string of the molecule is CCc1nncn1CCNC(=NCCc1cccs1)NCCc1ccc2c(c1)OCO2. The van der Waals surface area contributed by atoms with Crippen molar-refractivity contribution in [3.63, 3.8) is 0 Å². The molecule has 2 N–H and O–H groups in total. The van der Waals surface area contributed by atoms with Crippen LogP contribution in [0, 0.1) is 0 Å². The first-order valence-corrected chi connectivity index (χ1v) is 11.5. The number of hydrogen-bond acceptors (Lipinski definition) is 6. The van der Waals surface area contributed by atoms with Crippen LogP contribution in [0.4, 0.5) is 0 Å². The Hall–Kier alpha value is -3.07. The fourth-order valence-electron chi connectivity index (χ4n) is 3.36. The predicted molar refractivity (Wildman–Crippen MR) is 122 cm³/mol. The van der Waals surface area contributed by atoms with Crippen molar-refractivity contribution < 1.29 is 9.47 Å². The van der Waals surface area contributed by atoms with E-state index in [-0.39, 0.29) is 0 Å². The van der Waals surface area contributed by atoms with Gasteiger partial charge in [-0.15, -0.1) is 21.5 Å². The van der Waals surface area contributed by atoms with E-state index in [1.165, 1.54) is 10.4 Å². The molecule has 0 unspecified atom stereocenters. The molecule has 3 heterocycles. The lowest BCUT2D eigenvalue weighted by atomic mass is 10.1. The fourth-order valence-corrected chi connectivity index (χ4v) is 4.06. The minimum Gasteiger partial charge on any atom is -0.454 e. The van der Waals surface area contributed by atoms with Crippen molar-refractivity contribution in [3.05, 3.63) is 58.3 Å². The molecule has 31 heavy (non-hydrogen) atoms. The zero-order chi connectivity index (χ0) is 21.3. The van der Waals surface area contributed by atoms with Crippen LogP contribution in [0.3, 0.4) is 0 Å². The molecule has 164 valence electrons. The van der Waals surface area contributed by atoms with Crippen molar-refractivity contribution in [1.29, 1.82) is 0 Å². The molecular formula is C22H28N6O2S. The van der Waals surface area contributed by atoms with Crippen LogP contribution in [0.5, 0.6) is 11.5 Å². The number of aryl methyl sites for hydroxylation is 1. The third kappa shape index (κ3) is 5.97. The number of aromatic nitrogens is 3. The molecular weight excluding hydrogens is 412 g/mol. The van der Waals surface area contributed by atoms with Crippen molar-refractivity contribution >= 4 is 17.3 Å². The Bertz CT molecular complexity index is 986. The number of nitrogens with zero attached hydrogens (tertiary/aromatic N) is 4. The van der Waals surface area contributed by atoms with E-state index >= 15 is 0 Å². The average molecular weight is 441 g/mol. The molecule has 0 radical (unpaired) electrons. The lowest BCUT2D eigenvalue weighted by molar-refractivity contribution is 0.174. The van der Waals surface area contributed by atoms with Gasteiger partial charge in [0.15, 0.2) is 17.5 Å². The highest BCUT2D eigenvalue weighted by Gasteiger charge is 2.13. The van der Waals surface area contributed by atoms with Gasteiger partial charge in [0, 0.05) is 43.9 Å². The Morgan fingerprint density at radius 3 is 2.94 bits per heavy atom. The Labute approximate surface area is 186 Å². The van der Waals surface area contributed by atoms with E-state index in [1.807, 2.05) is 12.1 Å². The molecule has 0 amide bonds. The van der Waals surface area contributed by atoms with Gasteiger partial charge in [-0.05, 0) is 35.6 Å². The third-order valence-electron chi connectivity index (χ3n) is 5.01. The summed E-state index contributed by atoms with van der Waals surface area (Å²) >= 11 is 1.77. The number of fused-ring (bicyclic) bond motifs is 1. The maximum Gasteiger partial charge on any atom is 0.231 e. The highest BCUT2D eigenvalue weighted by Crippen LogP contribution is 2.32. The zero-order valence-corrected chi connectivity index (χ0v) is 18.5. The van der Waals surface area contributed by atoms with Gasteiger partial charge >= 0.3 is 0 Å².